The van der Waals surface area contributed by atoms with E-state index in [1.165, 1.54) is 6.08 Å². The molecule has 2 nitrogen and oxygen atoms in total. The van der Waals surface area contributed by atoms with Crippen LogP contribution >= 0.6 is 0 Å². The average molecular weight is 144 g/mol. The number of para-hydroxylation sites is 2. The molecule has 2 aromatic rings. The maximum atomic E-state index is 5.23. The summed E-state index contributed by atoms with van der Waals surface area (Å²) in [6.07, 6.45) is 1.35. The van der Waals surface area contributed by atoms with Crippen LogP contribution in [0.25, 0.3) is 17.2 Å². The highest BCUT2D eigenvalue weighted by atomic mass is 16.3. The molecule has 0 aliphatic rings. The number of fused-ring (bicyclic) bond motifs is 1. The minimum absolute atomic E-state index is 0.464. The largest absolute Gasteiger partial charge is 0.437 e. The van der Waals surface area contributed by atoms with Gasteiger partial charge in [-0.15, -0.1) is 0 Å². The van der Waals surface area contributed by atoms with Crippen molar-refractivity contribution in [1.82, 2.24) is 4.98 Å². The van der Waals surface area contributed by atoms with Gasteiger partial charge in [-0.2, -0.15) is 0 Å². The molecule has 53 valence electrons. The van der Waals surface area contributed by atoms with Gasteiger partial charge in [0.1, 0.15) is 5.52 Å². The Hall–Kier alpha value is -1.57. The molecular formula is C9H6NO. The van der Waals surface area contributed by atoms with Crippen molar-refractivity contribution in [3.8, 4) is 0 Å². The molecule has 0 saturated carbocycles. The van der Waals surface area contributed by atoms with Crippen LogP contribution in [0.2, 0.25) is 0 Å². The highest BCUT2D eigenvalue weighted by Gasteiger charge is 1.98. The van der Waals surface area contributed by atoms with Crippen LogP contribution in [0, 0.1) is 6.58 Å². The fourth-order valence-electron chi connectivity index (χ4n) is 0.961. The van der Waals surface area contributed by atoms with Crippen LogP contribution in [0.4, 0.5) is 0 Å². The molecule has 0 bridgehead atoms. The maximum Gasteiger partial charge on any atom is 0.219 e. The quantitative estimate of drug-likeness (QED) is 0.613. The Bertz CT molecular complexity index is 356. The Labute approximate surface area is 64.2 Å². The number of benzene rings is 1. The van der Waals surface area contributed by atoms with E-state index in [1.54, 1.807) is 0 Å². The van der Waals surface area contributed by atoms with E-state index in [4.69, 9.17) is 11.0 Å². The fourth-order valence-corrected chi connectivity index (χ4v) is 0.961. The lowest BCUT2D eigenvalue weighted by atomic mass is 10.3. The number of hydrogen-bond donors (Lipinski definition) is 0. The van der Waals surface area contributed by atoms with Gasteiger partial charge in [-0.05, 0) is 12.1 Å². The van der Waals surface area contributed by atoms with Crippen molar-refractivity contribution in [3.63, 3.8) is 0 Å². The highest BCUT2D eigenvalue weighted by molar-refractivity contribution is 5.73. The van der Waals surface area contributed by atoms with E-state index < -0.39 is 0 Å². The van der Waals surface area contributed by atoms with E-state index in [1.807, 2.05) is 24.3 Å². The second-order valence-corrected chi connectivity index (χ2v) is 2.19. The van der Waals surface area contributed by atoms with Crippen LogP contribution in [0.5, 0.6) is 0 Å². The van der Waals surface area contributed by atoms with Crippen LogP contribution < -0.4 is 0 Å². The van der Waals surface area contributed by atoms with Crippen LogP contribution in [0.15, 0.2) is 28.7 Å². The number of nitrogens with zero attached hydrogens (tertiary/aromatic N) is 1. The number of aromatic nitrogens is 1. The van der Waals surface area contributed by atoms with Crippen LogP contribution in [-0.4, -0.2) is 4.98 Å². The van der Waals surface area contributed by atoms with Crippen molar-refractivity contribution in [3.05, 3.63) is 36.7 Å². The van der Waals surface area contributed by atoms with Gasteiger partial charge in [0.2, 0.25) is 5.89 Å². The van der Waals surface area contributed by atoms with E-state index in [0.717, 1.165) is 11.1 Å². The van der Waals surface area contributed by atoms with E-state index >= 15 is 0 Å². The summed E-state index contributed by atoms with van der Waals surface area (Å²) in [4.78, 5) is 4.08. The lowest BCUT2D eigenvalue weighted by Gasteiger charge is -1.79. The topological polar surface area (TPSA) is 26.0 Å². The molecular weight excluding hydrogens is 138 g/mol. The third kappa shape index (κ3) is 0.923. The van der Waals surface area contributed by atoms with Crippen molar-refractivity contribution in [1.29, 1.82) is 0 Å². The van der Waals surface area contributed by atoms with Gasteiger partial charge in [0, 0.05) is 6.08 Å². The standard InChI is InChI=1S/C9H6NO/c1-2-9-10-7-5-3-4-6-8(7)11-9/h1-6H. The zero-order valence-corrected chi connectivity index (χ0v) is 5.82. The van der Waals surface area contributed by atoms with Crippen LogP contribution in [0.3, 0.4) is 0 Å². The molecule has 0 atom stereocenters. The molecule has 0 amide bonds. The van der Waals surface area contributed by atoms with Gasteiger partial charge < -0.3 is 4.42 Å². The van der Waals surface area contributed by atoms with Crippen molar-refractivity contribution >= 4 is 17.2 Å². The number of oxazole rings is 1. The molecule has 0 fully saturated rings. The summed E-state index contributed by atoms with van der Waals surface area (Å²) in [5.41, 5.74) is 1.61. The van der Waals surface area contributed by atoms with Crippen molar-refractivity contribution in [2.24, 2.45) is 0 Å². The summed E-state index contributed by atoms with van der Waals surface area (Å²) >= 11 is 0. The van der Waals surface area contributed by atoms with Gasteiger partial charge in [0.15, 0.2) is 5.58 Å². The Kier molecular flexibility index (Phi) is 1.25. The Morgan fingerprint density at radius 3 is 2.91 bits per heavy atom. The first-order chi connectivity index (χ1) is 5.40. The normalized spacial score (nSPS) is 10.2. The molecule has 0 spiro atoms. The third-order valence-electron chi connectivity index (χ3n) is 1.45. The van der Waals surface area contributed by atoms with Crippen molar-refractivity contribution < 1.29 is 4.42 Å². The van der Waals surface area contributed by atoms with E-state index in [-0.39, 0.29) is 0 Å². The molecule has 0 unspecified atom stereocenters. The SMILES string of the molecule is [CH]=Cc1nc2ccccc2o1. The molecule has 0 aliphatic carbocycles. The number of hydrogen-bond acceptors (Lipinski definition) is 2. The second kappa shape index (κ2) is 2.23. The molecule has 0 aliphatic heterocycles. The summed E-state index contributed by atoms with van der Waals surface area (Å²) in [6, 6.07) is 7.54. The minimum atomic E-state index is 0.464. The van der Waals surface area contributed by atoms with Gasteiger partial charge >= 0.3 is 0 Å². The molecule has 1 radical (unpaired) electrons. The van der Waals surface area contributed by atoms with Crippen molar-refractivity contribution in [2.75, 3.05) is 0 Å². The molecule has 0 saturated heterocycles. The summed E-state index contributed by atoms with van der Waals surface area (Å²) < 4.78 is 5.23. The summed E-state index contributed by atoms with van der Waals surface area (Å²) in [5.74, 6) is 0.464. The lowest BCUT2D eigenvalue weighted by Crippen LogP contribution is -1.65. The molecule has 1 aromatic carbocycles. The molecule has 2 rings (SSSR count). The minimum Gasteiger partial charge on any atom is -0.437 e. The van der Waals surface area contributed by atoms with Gasteiger partial charge in [-0.3, -0.25) is 0 Å². The Balaban J connectivity index is 2.78. The van der Waals surface area contributed by atoms with Crippen molar-refractivity contribution in [2.45, 2.75) is 0 Å². The Morgan fingerprint density at radius 2 is 2.18 bits per heavy atom. The summed E-state index contributed by atoms with van der Waals surface area (Å²) in [5, 5.41) is 0. The summed E-state index contributed by atoms with van der Waals surface area (Å²) in [6.45, 7) is 5.23. The zero-order valence-electron chi connectivity index (χ0n) is 5.82. The average Bonchev–Trinajstić information content (AvgIpc) is 2.46. The van der Waals surface area contributed by atoms with Gasteiger partial charge in [0.05, 0.1) is 0 Å². The molecule has 1 aromatic heterocycles. The molecule has 11 heavy (non-hydrogen) atoms. The number of rotatable bonds is 1. The smallest absolute Gasteiger partial charge is 0.219 e. The highest BCUT2D eigenvalue weighted by Crippen LogP contribution is 2.14. The maximum absolute atomic E-state index is 5.23. The van der Waals surface area contributed by atoms with Gasteiger partial charge in [-0.25, -0.2) is 4.98 Å². The third-order valence-corrected chi connectivity index (χ3v) is 1.45. The first kappa shape index (κ1) is 6.16. The molecule has 0 N–H and O–H groups in total. The first-order valence-electron chi connectivity index (χ1n) is 3.30. The lowest BCUT2D eigenvalue weighted by molar-refractivity contribution is 0.589. The first-order valence-corrected chi connectivity index (χ1v) is 3.30. The molecule has 1 heterocycles. The van der Waals surface area contributed by atoms with Gasteiger partial charge in [-0.1, -0.05) is 18.7 Å². The fraction of sp³-hybridized carbons (Fsp3) is 0. The zero-order chi connectivity index (χ0) is 7.68. The van der Waals surface area contributed by atoms with Gasteiger partial charge in [0.25, 0.3) is 0 Å². The van der Waals surface area contributed by atoms with E-state index in [2.05, 4.69) is 4.98 Å². The molecule has 2 heteroatoms. The summed E-state index contributed by atoms with van der Waals surface area (Å²) in [7, 11) is 0. The second-order valence-electron chi connectivity index (χ2n) is 2.19. The monoisotopic (exact) mass is 144 g/mol. The van der Waals surface area contributed by atoms with E-state index in [9.17, 15) is 0 Å². The van der Waals surface area contributed by atoms with Crippen LogP contribution in [0.1, 0.15) is 5.89 Å². The predicted octanol–water partition coefficient (Wildman–Crippen LogP) is 2.27. The Morgan fingerprint density at radius 1 is 1.36 bits per heavy atom. The van der Waals surface area contributed by atoms with E-state index in [0.29, 0.717) is 5.89 Å². The predicted molar refractivity (Wildman–Crippen MR) is 42.8 cm³/mol. The van der Waals surface area contributed by atoms with Crippen LogP contribution in [-0.2, 0) is 0 Å².